The first kappa shape index (κ1) is 9.92. The molecular formula is C8H17O2. The second-order valence-electron chi connectivity index (χ2n) is 2.50. The van der Waals surface area contributed by atoms with Gasteiger partial charge in [0.05, 0.1) is 6.10 Å². The van der Waals surface area contributed by atoms with E-state index in [9.17, 15) is 0 Å². The SMILES string of the molecule is CCC[C](O)CCCCO. The molecule has 2 nitrogen and oxygen atoms in total. The topological polar surface area (TPSA) is 40.5 Å². The molecule has 0 aromatic rings. The molecule has 0 heterocycles. The zero-order chi connectivity index (χ0) is 7.82. The lowest BCUT2D eigenvalue weighted by molar-refractivity contribution is 0.245. The highest BCUT2D eigenvalue weighted by Gasteiger charge is 2.01. The molecule has 0 bridgehead atoms. The van der Waals surface area contributed by atoms with Gasteiger partial charge in [-0.15, -0.1) is 0 Å². The molecule has 0 spiro atoms. The fourth-order valence-electron chi connectivity index (χ4n) is 0.854. The van der Waals surface area contributed by atoms with Gasteiger partial charge in [-0.25, -0.2) is 0 Å². The first-order chi connectivity index (χ1) is 4.81. The van der Waals surface area contributed by atoms with E-state index in [0.29, 0.717) is 6.10 Å². The number of rotatable bonds is 6. The van der Waals surface area contributed by atoms with Crippen molar-refractivity contribution >= 4 is 0 Å². The molecule has 10 heavy (non-hydrogen) atoms. The molecule has 0 aliphatic rings. The second-order valence-corrected chi connectivity index (χ2v) is 2.50. The Kier molecular flexibility index (Phi) is 6.98. The van der Waals surface area contributed by atoms with Crippen molar-refractivity contribution in [1.29, 1.82) is 0 Å². The zero-order valence-electron chi connectivity index (χ0n) is 6.64. The van der Waals surface area contributed by atoms with E-state index in [1.165, 1.54) is 0 Å². The van der Waals surface area contributed by atoms with Crippen LogP contribution in [-0.4, -0.2) is 16.8 Å². The van der Waals surface area contributed by atoms with E-state index in [1.807, 2.05) is 6.92 Å². The van der Waals surface area contributed by atoms with Crippen LogP contribution in [0.3, 0.4) is 0 Å². The Morgan fingerprint density at radius 1 is 1.20 bits per heavy atom. The molecule has 0 atom stereocenters. The van der Waals surface area contributed by atoms with Gasteiger partial charge in [0.15, 0.2) is 0 Å². The molecule has 0 aliphatic carbocycles. The summed E-state index contributed by atoms with van der Waals surface area (Å²) in [5.41, 5.74) is 0. The minimum Gasteiger partial charge on any atom is -0.396 e. The van der Waals surface area contributed by atoms with Crippen LogP contribution in [0.2, 0.25) is 0 Å². The first-order valence-corrected chi connectivity index (χ1v) is 3.95. The third-order valence-corrected chi connectivity index (χ3v) is 1.41. The standard InChI is InChI=1S/C8H17O2/c1-2-5-8(10)6-3-4-7-9/h9-10H,2-7H2,1H3. The van der Waals surface area contributed by atoms with Crippen LogP contribution < -0.4 is 0 Å². The van der Waals surface area contributed by atoms with Gasteiger partial charge < -0.3 is 10.2 Å². The molecule has 0 fully saturated rings. The van der Waals surface area contributed by atoms with Crippen molar-refractivity contribution < 1.29 is 10.2 Å². The quantitative estimate of drug-likeness (QED) is 0.560. The van der Waals surface area contributed by atoms with Crippen LogP contribution in [0.4, 0.5) is 0 Å². The van der Waals surface area contributed by atoms with Crippen LogP contribution in [0, 0.1) is 6.10 Å². The van der Waals surface area contributed by atoms with Crippen molar-refractivity contribution in [3.8, 4) is 0 Å². The molecule has 0 unspecified atom stereocenters. The average molecular weight is 145 g/mol. The summed E-state index contributed by atoms with van der Waals surface area (Å²) in [5, 5.41) is 17.5. The zero-order valence-corrected chi connectivity index (χ0v) is 6.64. The Morgan fingerprint density at radius 3 is 2.40 bits per heavy atom. The predicted octanol–water partition coefficient (Wildman–Crippen LogP) is 1.85. The summed E-state index contributed by atoms with van der Waals surface area (Å²) < 4.78 is 0. The van der Waals surface area contributed by atoms with E-state index < -0.39 is 0 Å². The third kappa shape index (κ3) is 6.05. The molecule has 0 saturated carbocycles. The summed E-state index contributed by atoms with van der Waals surface area (Å²) in [4.78, 5) is 0. The Hall–Kier alpha value is -0.0800. The monoisotopic (exact) mass is 145 g/mol. The van der Waals surface area contributed by atoms with Gasteiger partial charge in [0, 0.05) is 6.61 Å². The van der Waals surface area contributed by atoms with Crippen LogP contribution in [0.25, 0.3) is 0 Å². The molecule has 2 heteroatoms. The molecule has 0 aromatic carbocycles. The lowest BCUT2D eigenvalue weighted by Crippen LogP contribution is -1.95. The number of aliphatic hydroxyl groups is 2. The van der Waals surface area contributed by atoms with Crippen LogP contribution in [0.1, 0.15) is 39.0 Å². The van der Waals surface area contributed by atoms with Crippen LogP contribution >= 0.6 is 0 Å². The molecule has 61 valence electrons. The van der Waals surface area contributed by atoms with E-state index in [0.717, 1.165) is 32.1 Å². The summed E-state index contributed by atoms with van der Waals surface area (Å²) in [5.74, 6) is 0. The van der Waals surface area contributed by atoms with Crippen LogP contribution in [0.15, 0.2) is 0 Å². The third-order valence-electron chi connectivity index (χ3n) is 1.41. The van der Waals surface area contributed by atoms with Crippen molar-refractivity contribution in [3.05, 3.63) is 6.10 Å². The Balaban J connectivity index is 2.97. The molecule has 2 N–H and O–H groups in total. The van der Waals surface area contributed by atoms with Crippen molar-refractivity contribution in [2.75, 3.05) is 6.61 Å². The van der Waals surface area contributed by atoms with Crippen molar-refractivity contribution in [2.24, 2.45) is 0 Å². The van der Waals surface area contributed by atoms with Crippen LogP contribution in [-0.2, 0) is 0 Å². The molecule has 1 radical (unpaired) electrons. The second kappa shape index (κ2) is 7.03. The minimum absolute atomic E-state index is 0.236. The Labute approximate surface area is 62.9 Å². The molecule has 0 saturated heterocycles. The summed E-state index contributed by atoms with van der Waals surface area (Å²) in [6, 6.07) is 0. The summed E-state index contributed by atoms with van der Waals surface area (Å²) in [6.07, 6.45) is 4.86. The van der Waals surface area contributed by atoms with Gasteiger partial charge in [-0.1, -0.05) is 13.3 Å². The molecule has 0 amide bonds. The van der Waals surface area contributed by atoms with Gasteiger partial charge >= 0.3 is 0 Å². The average Bonchev–Trinajstić information content (AvgIpc) is 1.89. The minimum atomic E-state index is 0.236. The maximum absolute atomic E-state index is 9.11. The van der Waals surface area contributed by atoms with Crippen molar-refractivity contribution in [2.45, 2.75) is 39.0 Å². The lowest BCUT2D eigenvalue weighted by atomic mass is 10.1. The van der Waals surface area contributed by atoms with E-state index >= 15 is 0 Å². The van der Waals surface area contributed by atoms with Crippen molar-refractivity contribution in [3.63, 3.8) is 0 Å². The number of aliphatic hydroxyl groups excluding tert-OH is 2. The van der Waals surface area contributed by atoms with Gasteiger partial charge in [-0.2, -0.15) is 0 Å². The maximum Gasteiger partial charge on any atom is 0.0933 e. The lowest BCUT2D eigenvalue weighted by Gasteiger charge is -2.05. The van der Waals surface area contributed by atoms with Crippen LogP contribution in [0.5, 0.6) is 0 Å². The number of unbranched alkanes of at least 4 members (excludes halogenated alkanes) is 1. The molecule has 0 aromatic heterocycles. The van der Waals surface area contributed by atoms with Gasteiger partial charge in [-0.3, -0.25) is 0 Å². The molecular weight excluding hydrogens is 128 g/mol. The van der Waals surface area contributed by atoms with E-state index in [2.05, 4.69) is 0 Å². The maximum atomic E-state index is 9.11. The first-order valence-electron chi connectivity index (χ1n) is 3.95. The number of hydrogen-bond acceptors (Lipinski definition) is 2. The smallest absolute Gasteiger partial charge is 0.0933 e. The predicted molar refractivity (Wildman–Crippen MR) is 41.0 cm³/mol. The van der Waals surface area contributed by atoms with Gasteiger partial charge in [0.25, 0.3) is 0 Å². The van der Waals surface area contributed by atoms with E-state index in [-0.39, 0.29) is 6.61 Å². The van der Waals surface area contributed by atoms with E-state index in [1.54, 1.807) is 0 Å². The Bertz CT molecular complexity index is 64.3. The molecule has 0 aliphatic heterocycles. The summed E-state index contributed by atoms with van der Waals surface area (Å²) in [7, 11) is 0. The molecule has 0 rings (SSSR count). The normalized spacial score (nSPS) is 10.8. The van der Waals surface area contributed by atoms with Gasteiger partial charge in [0.1, 0.15) is 0 Å². The number of hydrogen-bond donors (Lipinski definition) is 2. The van der Waals surface area contributed by atoms with Gasteiger partial charge in [0.2, 0.25) is 0 Å². The Morgan fingerprint density at radius 2 is 1.90 bits per heavy atom. The summed E-state index contributed by atoms with van der Waals surface area (Å²) in [6.45, 7) is 2.28. The highest BCUT2D eigenvalue weighted by Crippen LogP contribution is 2.12. The van der Waals surface area contributed by atoms with Gasteiger partial charge in [-0.05, 0) is 25.7 Å². The van der Waals surface area contributed by atoms with Crippen molar-refractivity contribution in [1.82, 2.24) is 0 Å². The highest BCUT2D eigenvalue weighted by atomic mass is 16.3. The largest absolute Gasteiger partial charge is 0.396 e. The highest BCUT2D eigenvalue weighted by molar-refractivity contribution is 4.73. The summed E-state index contributed by atoms with van der Waals surface area (Å²) >= 11 is 0. The van der Waals surface area contributed by atoms with E-state index in [4.69, 9.17) is 10.2 Å². The fourth-order valence-corrected chi connectivity index (χ4v) is 0.854. The fraction of sp³-hybridized carbons (Fsp3) is 0.875.